The molecule has 3 nitrogen and oxygen atoms in total. The third-order valence-electron chi connectivity index (χ3n) is 3.74. The SMILES string of the molecule is CCc1ccc(N=C2S/C(=C/c3ccc(Cl)cc3)C(=O)N2C)cc1. The Morgan fingerprint density at radius 1 is 1.12 bits per heavy atom. The first-order chi connectivity index (χ1) is 11.6. The fraction of sp³-hybridized carbons (Fsp3) is 0.158. The zero-order valence-corrected chi connectivity index (χ0v) is 15.1. The van der Waals surface area contributed by atoms with Gasteiger partial charge in [-0.25, -0.2) is 4.99 Å². The average molecular weight is 357 g/mol. The van der Waals surface area contributed by atoms with E-state index < -0.39 is 0 Å². The van der Waals surface area contributed by atoms with E-state index in [0.29, 0.717) is 15.1 Å². The van der Waals surface area contributed by atoms with Crippen LogP contribution in [0.25, 0.3) is 6.08 Å². The van der Waals surface area contributed by atoms with Crippen molar-refractivity contribution in [3.8, 4) is 0 Å². The number of aryl methyl sites for hydroxylation is 1. The van der Waals surface area contributed by atoms with Gasteiger partial charge < -0.3 is 0 Å². The Kier molecular flexibility index (Phi) is 5.07. The Morgan fingerprint density at radius 3 is 2.42 bits per heavy atom. The first-order valence-electron chi connectivity index (χ1n) is 7.67. The molecule has 5 heteroatoms. The molecule has 0 atom stereocenters. The molecular weight excluding hydrogens is 340 g/mol. The van der Waals surface area contributed by atoms with Crippen molar-refractivity contribution in [2.75, 3.05) is 7.05 Å². The van der Waals surface area contributed by atoms with Gasteiger partial charge >= 0.3 is 0 Å². The largest absolute Gasteiger partial charge is 0.290 e. The lowest BCUT2D eigenvalue weighted by molar-refractivity contribution is -0.121. The minimum Gasteiger partial charge on any atom is -0.290 e. The molecule has 1 aliphatic rings. The van der Waals surface area contributed by atoms with Gasteiger partial charge in [0.1, 0.15) is 0 Å². The van der Waals surface area contributed by atoms with Crippen LogP contribution >= 0.6 is 23.4 Å². The van der Waals surface area contributed by atoms with E-state index >= 15 is 0 Å². The number of aliphatic imine (C=N–C) groups is 1. The number of likely N-dealkylation sites (N-methyl/N-ethyl adjacent to an activating group) is 1. The van der Waals surface area contributed by atoms with Gasteiger partial charge in [-0.15, -0.1) is 0 Å². The van der Waals surface area contributed by atoms with Gasteiger partial charge in [0.25, 0.3) is 5.91 Å². The maximum Gasteiger partial charge on any atom is 0.266 e. The van der Waals surface area contributed by atoms with Gasteiger partial charge in [0.05, 0.1) is 10.6 Å². The van der Waals surface area contributed by atoms with Gasteiger partial charge in [-0.05, 0) is 59.7 Å². The maximum absolute atomic E-state index is 12.4. The molecule has 2 aromatic carbocycles. The van der Waals surface area contributed by atoms with Crippen molar-refractivity contribution >= 4 is 46.2 Å². The van der Waals surface area contributed by atoms with Crippen LogP contribution in [-0.4, -0.2) is 23.0 Å². The summed E-state index contributed by atoms with van der Waals surface area (Å²) in [5.74, 6) is -0.0427. The van der Waals surface area contributed by atoms with E-state index in [1.807, 2.05) is 42.5 Å². The summed E-state index contributed by atoms with van der Waals surface area (Å²) in [5.41, 5.74) is 3.06. The van der Waals surface area contributed by atoms with Crippen molar-refractivity contribution in [1.82, 2.24) is 4.90 Å². The van der Waals surface area contributed by atoms with E-state index in [1.54, 1.807) is 11.9 Å². The molecule has 122 valence electrons. The van der Waals surface area contributed by atoms with Crippen molar-refractivity contribution in [3.63, 3.8) is 0 Å². The molecule has 24 heavy (non-hydrogen) atoms. The predicted molar refractivity (Wildman–Crippen MR) is 103 cm³/mol. The lowest BCUT2D eigenvalue weighted by atomic mass is 10.2. The zero-order chi connectivity index (χ0) is 17.1. The lowest BCUT2D eigenvalue weighted by Crippen LogP contribution is -2.23. The number of benzene rings is 2. The first-order valence-corrected chi connectivity index (χ1v) is 8.87. The average Bonchev–Trinajstić information content (AvgIpc) is 2.86. The molecule has 0 unspecified atom stereocenters. The fourth-order valence-electron chi connectivity index (χ4n) is 2.28. The molecule has 0 bridgehead atoms. The van der Waals surface area contributed by atoms with Crippen LogP contribution in [0.5, 0.6) is 0 Å². The van der Waals surface area contributed by atoms with E-state index in [9.17, 15) is 4.79 Å². The molecular formula is C19H17ClN2OS. The Hall–Kier alpha value is -2.04. The lowest BCUT2D eigenvalue weighted by Gasteiger charge is -2.07. The highest BCUT2D eigenvalue weighted by molar-refractivity contribution is 8.18. The van der Waals surface area contributed by atoms with E-state index in [0.717, 1.165) is 17.7 Å². The number of carbonyl (C=O) groups is 1. The highest BCUT2D eigenvalue weighted by Crippen LogP contribution is 2.33. The van der Waals surface area contributed by atoms with Crippen LogP contribution in [0.1, 0.15) is 18.1 Å². The van der Waals surface area contributed by atoms with Gasteiger partial charge in [0, 0.05) is 12.1 Å². The van der Waals surface area contributed by atoms with Gasteiger partial charge in [-0.1, -0.05) is 42.8 Å². The number of carbonyl (C=O) groups excluding carboxylic acids is 1. The molecule has 0 aromatic heterocycles. The second-order valence-electron chi connectivity index (χ2n) is 5.44. The summed E-state index contributed by atoms with van der Waals surface area (Å²) in [6.45, 7) is 2.12. The van der Waals surface area contributed by atoms with Crippen LogP contribution in [0.3, 0.4) is 0 Å². The zero-order valence-electron chi connectivity index (χ0n) is 13.5. The summed E-state index contributed by atoms with van der Waals surface area (Å²) in [6, 6.07) is 15.5. The number of thioether (sulfide) groups is 1. The van der Waals surface area contributed by atoms with Gasteiger partial charge in [-0.2, -0.15) is 0 Å². The number of amides is 1. The number of halogens is 1. The van der Waals surface area contributed by atoms with Crippen molar-refractivity contribution in [3.05, 3.63) is 69.6 Å². The van der Waals surface area contributed by atoms with Crippen LogP contribution in [0, 0.1) is 0 Å². The van der Waals surface area contributed by atoms with Crippen LogP contribution in [0.2, 0.25) is 5.02 Å². The summed E-state index contributed by atoms with van der Waals surface area (Å²) in [6.07, 6.45) is 2.86. The van der Waals surface area contributed by atoms with Crippen LogP contribution in [0.15, 0.2) is 58.4 Å². The highest BCUT2D eigenvalue weighted by Gasteiger charge is 2.30. The first kappa shape index (κ1) is 16.8. The Morgan fingerprint density at radius 2 is 1.79 bits per heavy atom. The third-order valence-corrected chi connectivity index (χ3v) is 5.05. The van der Waals surface area contributed by atoms with Crippen molar-refractivity contribution < 1.29 is 4.79 Å². The number of nitrogens with zero attached hydrogens (tertiary/aromatic N) is 2. The van der Waals surface area contributed by atoms with Crippen molar-refractivity contribution in [2.24, 2.45) is 4.99 Å². The van der Waals surface area contributed by atoms with Crippen LogP contribution in [-0.2, 0) is 11.2 Å². The molecule has 0 aliphatic carbocycles. The maximum atomic E-state index is 12.4. The molecule has 0 radical (unpaired) electrons. The molecule has 1 saturated heterocycles. The monoisotopic (exact) mass is 356 g/mol. The van der Waals surface area contributed by atoms with E-state index in [-0.39, 0.29) is 5.91 Å². The molecule has 0 spiro atoms. The van der Waals surface area contributed by atoms with Crippen molar-refractivity contribution in [1.29, 1.82) is 0 Å². The molecule has 1 fully saturated rings. The van der Waals surface area contributed by atoms with Gasteiger partial charge in [0.2, 0.25) is 0 Å². The van der Waals surface area contributed by atoms with Crippen LogP contribution < -0.4 is 0 Å². The number of hydrogen-bond donors (Lipinski definition) is 0. The highest BCUT2D eigenvalue weighted by atomic mass is 35.5. The summed E-state index contributed by atoms with van der Waals surface area (Å²) in [5, 5.41) is 1.36. The summed E-state index contributed by atoms with van der Waals surface area (Å²) in [4.78, 5) is 19.2. The Balaban J connectivity index is 1.85. The standard InChI is InChI=1S/C19H17ClN2OS/c1-3-13-6-10-16(11-7-13)21-19-22(2)18(23)17(24-19)12-14-4-8-15(20)9-5-14/h4-12H,3H2,1-2H3/b17-12+,21-19?. The molecule has 2 aromatic rings. The molecule has 0 saturated carbocycles. The third kappa shape index (κ3) is 3.71. The quantitative estimate of drug-likeness (QED) is 0.713. The summed E-state index contributed by atoms with van der Waals surface area (Å²) >= 11 is 7.28. The fourth-order valence-corrected chi connectivity index (χ4v) is 3.39. The smallest absolute Gasteiger partial charge is 0.266 e. The molecule has 1 aliphatic heterocycles. The molecule has 3 rings (SSSR count). The normalized spacial score (nSPS) is 18.0. The minimum absolute atomic E-state index is 0.0427. The van der Waals surface area contributed by atoms with E-state index in [2.05, 4.69) is 24.0 Å². The second-order valence-corrected chi connectivity index (χ2v) is 6.89. The number of rotatable bonds is 3. The number of hydrogen-bond acceptors (Lipinski definition) is 3. The van der Waals surface area contributed by atoms with Crippen molar-refractivity contribution in [2.45, 2.75) is 13.3 Å². The van der Waals surface area contributed by atoms with Crippen LogP contribution in [0.4, 0.5) is 5.69 Å². The molecule has 1 amide bonds. The van der Waals surface area contributed by atoms with Gasteiger partial charge in [-0.3, -0.25) is 9.69 Å². The molecule has 0 N–H and O–H groups in total. The Bertz CT molecular complexity index is 810. The summed E-state index contributed by atoms with van der Waals surface area (Å²) in [7, 11) is 1.75. The second kappa shape index (κ2) is 7.24. The Labute approximate surface area is 151 Å². The summed E-state index contributed by atoms with van der Waals surface area (Å²) < 4.78 is 0. The van der Waals surface area contributed by atoms with E-state index in [1.165, 1.54) is 17.3 Å². The predicted octanol–water partition coefficient (Wildman–Crippen LogP) is 5.14. The van der Waals surface area contributed by atoms with Gasteiger partial charge in [0.15, 0.2) is 5.17 Å². The molecule has 1 heterocycles. The minimum atomic E-state index is -0.0427. The topological polar surface area (TPSA) is 32.7 Å². The van der Waals surface area contributed by atoms with E-state index in [4.69, 9.17) is 11.6 Å². The number of amidine groups is 1.